The van der Waals surface area contributed by atoms with E-state index in [-0.39, 0.29) is 34.8 Å². The first-order valence-corrected chi connectivity index (χ1v) is 12.8. The maximum absolute atomic E-state index is 13.2. The number of para-hydroxylation sites is 1. The number of carbonyl (C=O) groups excluding carboxylic acids is 1. The van der Waals surface area contributed by atoms with Crippen LogP contribution in [-0.4, -0.2) is 59.1 Å². The standard InChI is InChI=1S/C21H20ClN3O4S2/c1-24(16-10-11-31(28,29)13-16)19(26)12-30-21-23-18-5-3-2-4-17(18)20(27)25(21)15-8-6-14(22)7-9-15/h2-9,16H,10-13H2,1H3/t16-/m0/s1. The highest BCUT2D eigenvalue weighted by Crippen LogP contribution is 2.24. The van der Waals surface area contributed by atoms with E-state index in [4.69, 9.17) is 11.6 Å². The van der Waals surface area contributed by atoms with Gasteiger partial charge in [-0.25, -0.2) is 13.4 Å². The Morgan fingerprint density at radius 3 is 2.61 bits per heavy atom. The molecular weight excluding hydrogens is 458 g/mol. The number of amides is 1. The summed E-state index contributed by atoms with van der Waals surface area (Å²) in [6.07, 6.45) is 0.443. The van der Waals surface area contributed by atoms with Gasteiger partial charge in [0, 0.05) is 18.1 Å². The van der Waals surface area contributed by atoms with Gasteiger partial charge < -0.3 is 4.90 Å². The van der Waals surface area contributed by atoms with Gasteiger partial charge >= 0.3 is 0 Å². The van der Waals surface area contributed by atoms with Crippen LogP contribution in [0.2, 0.25) is 5.02 Å². The summed E-state index contributed by atoms with van der Waals surface area (Å²) in [5.41, 5.74) is 0.902. The Bertz CT molecular complexity index is 1310. The van der Waals surface area contributed by atoms with E-state index < -0.39 is 9.84 Å². The second-order valence-electron chi connectivity index (χ2n) is 7.38. The van der Waals surface area contributed by atoms with Gasteiger partial charge in [0.05, 0.1) is 33.8 Å². The lowest BCUT2D eigenvalue weighted by Crippen LogP contribution is -2.39. The molecule has 0 aliphatic carbocycles. The quantitative estimate of drug-likeness (QED) is 0.414. The number of nitrogens with zero attached hydrogens (tertiary/aromatic N) is 3. The Hall–Kier alpha value is -2.36. The third-order valence-corrected chi connectivity index (χ3v) is 8.23. The van der Waals surface area contributed by atoms with E-state index >= 15 is 0 Å². The molecule has 31 heavy (non-hydrogen) atoms. The molecule has 1 saturated heterocycles. The highest BCUT2D eigenvalue weighted by atomic mass is 35.5. The number of hydrogen-bond acceptors (Lipinski definition) is 6. The van der Waals surface area contributed by atoms with E-state index in [9.17, 15) is 18.0 Å². The number of aromatic nitrogens is 2. The van der Waals surface area contributed by atoms with Crippen molar-refractivity contribution in [1.29, 1.82) is 0 Å². The Labute approximate surface area is 189 Å². The minimum Gasteiger partial charge on any atom is -0.341 e. The Morgan fingerprint density at radius 1 is 1.23 bits per heavy atom. The molecule has 2 aromatic carbocycles. The SMILES string of the molecule is CN(C(=O)CSc1nc2ccccc2c(=O)n1-c1ccc(Cl)cc1)[C@H]1CCS(=O)(=O)C1. The summed E-state index contributed by atoms with van der Waals surface area (Å²) < 4.78 is 24.9. The van der Waals surface area contributed by atoms with Crippen molar-refractivity contribution in [2.75, 3.05) is 24.3 Å². The second kappa shape index (κ2) is 8.64. The topological polar surface area (TPSA) is 89.3 Å². The summed E-state index contributed by atoms with van der Waals surface area (Å²) in [7, 11) is -1.47. The molecule has 1 atom stereocenters. The molecular formula is C21H20ClN3O4S2. The van der Waals surface area contributed by atoms with Gasteiger partial charge in [-0.1, -0.05) is 35.5 Å². The van der Waals surface area contributed by atoms with Crippen molar-refractivity contribution in [2.24, 2.45) is 0 Å². The molecule has 0 saturated carbocycles. The van der Waals surface area contributed by atoms with Crippen LogP contribution in [0.15, 0.2) is 58.5 Å². The summed E-state index contributed by atoms with van der Waals surface area (Å²) in [6, 6.07) is 13.5. The largest absolute Gasteiger partial charge is 0.341 e. The number of halogens is 1. The molecule has 1 aromatic heterocycles. The first-order chi connectivity index (χ1) is 14.7. The number of fused-ring (bicyclic) bond motifs is 1. The maximum atomic E-state index is 13.2. The summed E-state index contributed by atoms with van der Waals surface area (Å²) in [5.74, 6) is -0.0862. The zero-order valence-corrected chi connectivity index (χ0v) is 19.1. The number of thioether (sulfide) groups is 1. The van der Waals surface area contributed by atoms with Gasteiger partial charge in [0.2, 0.25) is 5.91 Å². The van der Waals surface area contributed by atoms with Crippen LogP contribution in [0.3, 0.4) is 0 Å². The van der Waals surface area contributed by atoms with Crippen LogP contribution in [0.25, 0.3) is 16.6 Å². The molecule has 0 unspecified atom stereocenters. The van der Waals surface area contributed by atoms with Crippen molar-refractivity contribution >= 4 is 50.0 Å². The molecule has 1 aliphatic rings. The molecule has 1 fully saturated rings. The zero-order chi connectivity index (χ0) is 22.2. The predicted octanol–water partition coefficient (Wildman–Crippen LogP) is 2.78. The molecule has 2 heterocycles. The number of benzene rings is 2. The number of carbonyl (C=O) groups is 1. The summed E-state index contributed by atoms with van der Waals surface area (Å²) in [5, 5.41) is 1.40. The lowest BCUT2D eigenvalue weighted by Gasteiger charge is -2.23. The highest BCUT2D eigenvalue weighted by molar-refractivity contribution is 7.99. The van der Waals surface area contributed by atoms with Crippen molar-refractivity contribution in [3.05, 3.63) is 63.9 Å². The van der Waals surface area contributed by atoms with Crippen LogP contribution < -0.4 is 5.56 Å². The molecule has 1 aliphatic heterocycles. The molecule has 0 radical (unpaired) electrons. The van der Waals surface area contributed by atoms with Crippen molar-refractivity contribution in [3.63, 3.8) is 0 Å². The van der Waals surface area contributed by atoms with Crippen molar-refractivity contribution in [3.8, 4) is 5.69 Å². The average Bonchev–Trinajstić information content (AvgIpc) is 3.12. The fourth-order valence-electron chi connectivity index (χ4n) is 3.54. The van der Waals surface area contributed by atoms with Crippen LogP contribution in [0.4, 0.5) is 0 Å². The monoisotopic (exact) mass is 477 g/mol. The number of hydrogen-bond donors (Lipinski definition) is 0. The van der Waals surface area contributed by atoms with Crippen LogP contribution in [0, 0.1) is 0 Å². The molecule has 10 heteroatoms. The van der Waals surface area contributed by atoms with E-state index in [2.05, 4.69) is 4.98 Å². The van der Waals surface area contributed by atoms with Gasteiger partial charge in [0.1, 0.15) is 0 Å². The highest BCUT2D eigenvalue weighted by Gasteiger charge is 2.32. The van der Waals surface area contributed by atoms with Crippen LogP contribution in [0.5, 0.6) is 0 Å². The molecule has 0 bridgehead atoms. The Kier molecular flexibility index (Phi) is 6.09. The van der Waals surface area contributed by atoms with Gasteiger partial charge in [-0.15, -0.1) is 0 Å². The number of rotatable bonds is 5. The Morgan fingerprint density at radius 2 is 1.94 bits per heavy atom. The van der Waals surface area contributed by atoms with Gasteiger partial charge in [0.15, 0.2) is 15.0 Å². The normalized spacial score (nSPS) is 17.7. The van der Waals surface area contributed by atoms with Gasteiger partial charge in [0.25, 0.3) is 5.56 Å². The average molecular weight is 478 g/mol. The third kappa shape index (κ3) is 4.63. The van der Waals surface area contributed by atoms with Crippen LogP contribution >= 0.6 is 23.4 Å². The first-order valence-electron chi connectivity index (χ1n) is 9.62. The lowest BCUT2D eigenvalue weighted by atomic mass is 10.2. The third-order valence-electron chi connectivity index (χ3n) is 5.30. The molecule has 7 nitrogen and oxygen atoms in total. The van der Waals surface area contributed by atoms with Crippen molar-refractivity contribution < 1.29 is 13.2 Å². The van der Waals surface area contributed by atoms with Crippen LogP contribution in [-0.2, 0) is 14.6 Å². The van der Waals surface area contributed by atoms with E-state index in [0.717, 1.165) is 11.8 Å². The van der Waals surface area contributed by atoms with E-state index in [0.29, 0.717) is 33.2 Å². The molecule has 4 rings (SSSR count). The molecule has 162 valence electrons. The van der Waals surface area contributed by atoms with E-state index in [1.165, 1.54) is 9.47 Å². The van der Waals surface area contributed by atoms with E-state index in [1.54, 1.807) is 55.6 Å². The summed E-state index contributed by atoms with van der Waals surface area (Å²) in [4.78, 5) is 32.0. The summed E-state index contributed by atoms with van der Waals surface area (Å²) in [6.45, 7) is 0. The minimum absolute atomic E-state index is 0.0103. The van der Waals surface area contributed by atoms with Gasteiger partial charge in [-0.3, -0.25) is 14.2 Å². The molecule has 3 aromatic rings. The smallest absolute Gasteiger partial charge is 0.266 e. The van der Waals surface area contributed by atoms with Gasteiger partial charge in [-0.05, 0) is 42.8 Å². The van der Waals surface area contributed by atoms with Crippen molar-refractivity contribution in [1.82, 2.24) is 14.5 Å². The minimum atomic E-state index is -3.09. The molecule has 0 N–H and O–H groups in total. The predicted molar refractivity (Wildman–Crippen MR) is 123 cm³/mol. The maximum Gasteiger partial charge on any atom is 0.266 e. The fourth-order valence-corrected chi connectivity index (χ4v) is 6.38. The van der Waals surface area contributed by atoms with E-state index in [1.807, 2.05) is 0 Å². The van der Waals surface area contributed by atoms with Crippen molar-refractivity contribution in [2.45, 2.75) is 17.6 Å². The lowest BCUT2D eigenvalue weighted by molar-refractivity contribution is -0.128. The fraction of sp³-hybridized carbons (Fsp3) is 0.286. The summed E-state index contributed by atoms with van der Waals surface area (Å²) >= 11 is 7.14. The number of sulfone groups is 1. The van der Waals surface area contributed by atoms with Crippen LogP contribution in [0.1, 0.15) is 6.42 Å². The Balaban J connectivity index is 1.65. The van der Waals surface area contributed by atoms with Gasteiger partial charge in [-0.2, -0.15) is 0 Å². The first kappa shape index (κ1) is 21.9. The molecule has 0 spiro atoms. The zero-order valence-electron chi connectivity index (χ0n) is 16.7. The second-order valence-corrected chi connectivity index (χ2v) is 11.0. The molecule has 1 amide bonds.